The van der Waals surface area contributed by atoms with Crippen molar-refractivity contribution in [2.45, 2.75) is 32.7 Å². The summed E-state index contributed by atoms with van der Waals surface area (Å²) in [6.07, 6.45) is 0. The van der Waals surface area contributed by atoms with Crippen LogP contribution in [0.1, 0.15) is 47.8 Å². The molecule has 0 aliphatic rings. The molecule has 0 atom stereocenters. The predicted molar refractivity (Wildman–Crippen MR) is 131 cm³/mol. The molecule has 4 nitrogen and oxygen atoms in total. The zero-order chi connectivity index (χ0) is 22.4. The molecule has 0 aliphatic heterocycles. The van der Waals surface area contributed by atoms with Crippen LogP contribution in [0.2, 0.25) is 0 Å². The number of anilines is 1. The van der Waals surface area contributed by atoms with E-state index in [-0.39, 0.29) is 11.2 Å². The van der Waals surface area contributed by atoms with Crippen molar-refractivity contribution in [1.82, 2.24) is 5.32 Å². The van der Waals surface area contributed by atoms with Crippen LogP contribution in [-0.4, -0.2) is 18.0 Å². The fourth-order valence-corrected chi connectivity index (χ4v) is 3.42. The van der Waals surface area contributed by atoms with Crippen molar-refractivity contribution in [1.29, 1.82) is 0 Å². The van der Waals surface area contributed by atoms with Crippen LogP contribution >= 0.6 is 12.2 Å². The average Bonchev–Trinajstić information content (AvgIpc) is 2.77. The number of carbonyl (C=O) groups excluding carboxylic acids is 1. The fourth-order valence-electron chi connectivity index (χ4n) is 3.23. The predicted octanol–water partition coefficient (Wildman–Crippen LogP) is 5.71. The Morgan fingerprint density at radius 3 is 2.32 bits per heavy atom. The number of thiocarbonyl (C=S) groups is 1. The minimum atomic E-state index is -0.0167. The lowest BCUT2D eigenvalue weighted by molar-refractivity contribution is 0.103. The Labute approximate surface area is 189 Å². The summed E-state index contributed by atoms with van der Waals surface area (Å²) in [5.74, 6) is 0.792. The first-order valence-corrected chi connectivity index (χ1v) is 10.6. The van der Waals surface area contributed by atoms with Crippen LogP contribution in [0, 0.1) is 0 Å². The maximum atomic E-state index is 12.9. The molecule has 5 heteroatoms. The van der Waals surface area contributed by atoms with Gasteiger partial charge < -0.3 is 15.4 Å². The topological polar surface area (TPSA) is 50.4 Å². The van der Waals surface area contributed by atoms with E-state index in [0.29, 0.717) is 22.8 Å². The minimum absolute atomic E-state index is 0.0167. The highest BCUT2D eigenvalue weighted by atomic mass is 32.1. The van der Waals surface area contributed by atoms with Crippen LogP contribution in [0.15, 0.2) is 72.8 Å². The first-order valence-electron chi connectivity index (χ1n) is 10.2. The first kappa shape index (κ1) is 22.5. The lowest BCUT2D eigenvalue weighted by atomic mass is 9.86. The number of ketones is 1. The molecule has 0 spiro atoms. The van der Waals surface area contributed by atoms with E-state index in [9.17, 15) is 4.79 Å². The molecule has 160 valence electrons. The second-order valence-corrected chi connectivity index (χ2v) is 8.77. The van der Waals surface area contributed by atoms with Crippen LogP contribution in [0.4, 0.5) is 5.69 Å². The normalized spacial score (nSPS) is 11.0. The highest BCUT2D eigenvalue weighted by Crippen LogP contribution is 2.23. The van der Waals surface area contributed by atoms with Gasteiger partial charge in [0.15, 0.2) is 10.9 Å². The summed E-state index contributed by atoms with van der Waals surface area (Å²) in [4.78, 5) is 12.9. The summed E-state index contributed by atoms with van der Waals surface area (Å²) in [7, 11) is 1.65. The third-order valence-electron chi connectivity index (χ3n) is 5.03. The standard InChI is InChI=1S/C26H28N2O2S/c1-26(2,3)21-14-12-18(13-15-21)24(29)19-9-7-10-22(16-19)28-25(31)27-17-20-8-5-6-11-23(20)30-4/h5-16H,17H2,1-4H3,(H2,27,28,31). The van der Waals surface area contributed by atoms with Gasteiger partial charge in [0.25, 0.3) is 0 Å². The van der Waals surface area contributed by atoms with Crippen LogP contribution in [-0.2, 0) is 12.0 Å². The van der Waals surface area contributed by atoms with Gasteiger partial charge in [0.05, 0.1) is 7.11 Å². The Bertz CT molecular complexity index is 1070. The first-order chi connectivity index (χ1) is 14.8. The fraction of sp³-hybridized carbons (Fsp3) is 0.231. The second kappa shape index (κ2) is 9.75. The molecular formula is C26H28N2O2S. The van der Waals surface area contributed by atoms with Crippen LogP contribution in [0.25, 0.3) is 0 Å². The van der Waals surface area contributed by atoms with Gasteiger partial charge in [-0.1, -0.05) is 75.4 Å². The number of nitrogens with one attached hydrogen (secondary N) is 2. The molecule has 0 aliphatic carbocycles. The molecule has 0 saturated heterocycles. The average molecular weight is 433 g/mol. The molecule has 0 aromatic heterocycles. The molecule has 2 N–H and O–H groups in total. The van der Waals surface area contributed by atoms with Crippen LogP contribution in [0.5, 0.6) is 5.75 Å². The van der Waals surface area contributed by atoms with Crippen LogP contribution in [0.3, 0.4) is 0 Å². The van der Waals surface area contributed by atoms with Crippen molar-refractivity contribution in [3.63, 3.8) is 0 Å². The Hall–Kier alpha value is -3.18. The SMILES string of the molecule is COc1ccccc1CNC(=S)Nc1cccc(C(=O)c2ccc(C(C)(C)C)cc2)c1. The highest BCUT2D eigenvalue weighted by molar-refractivity contribution is 7.80. The van der Waals surface area contributed by atoms with Crippen molar-refractivity contribution in [2.75, 3.05) is 12.4 Å². The maximum absolute atomic E-state index is 12.9. The van der Waals surface area contributed by atoms with Crippen molar-refractivity contribution < 1.29 is 9.53 Å². The summed E-state index contributed by atoms with van der Waals surface area (Å²) >= 11 is 5.42. The van der Waals surface area contributed by atoms with Crippen LogP contribution < -0.4 is 15.4 Å². The number of hydrogen-bond acceptors (Lipinski definition) is 3. The Morgan fingerprint density at radius 2 is 1.65 bits per heavy atom. The molecular weight excluding hydrogens is 404 g/mol. The molecule has 0 heterocycles. The quantitative estimate of drug-likeness (QED) is 0.386. The van der Waals surface area contributed by atoms with Gasteiger partial charge in [-0.05, 0) is 41.4 Å². The number of benzene rings is 3. The number of ether oxygens (including phenoxy) is 1. The molecule has 0 unspecified atom stereocenters. The molecule has 0 amide bonds. The van der Waals surface area contributed by atoms with Crippen molar-refractivity contribution in [3.05, 3.63) is 95.1 Å². The molecule has 3 aromatic rings. The number of para-hydroxylation sites is 1. The largest absolute Gasteiger partial charge is 0.496 e. The lowest BCUT2D eigenvalue weighted by Gasteiger charge is -2.19. The Morgan fingerprint density at radius 1 is 0.935 bits per heavy atom. The molecule has 0 bridgehead atoms. The maximum Gasteiger partial charge on any atom is 0.193 e. The summed E-state index contributed by atoms with van der Waals surface area (Å²) < 4.78 is 5.36. The zero-order valence-electron chi connectivity index (χ0n) is 18.4. The van der Waals surface area contributed by atoms with Gasteiger partial charge in [0, 0.05) is 28.9 Å². The van der Waals surface area contributed by atoms with E-state index < -0.39 is 0 Å². The zero-order valence-corrected chi connectivity index (χ0v) is 19.2. The van der Waals surface area contributed by atoms with Gasteiger partial charge in [-0.2, -0.15) is 0 Å². The van der Waals surface area contributed by atoms with Gasteiger partial charge >= 0.3 is 0 Å². The Kier molecular flexibility index (Phi) is 7.08. The van der Waals surface area contributed by atoms with Gasteiger partial charge in [0.1, 0.15) is 5.75 Å². The van der Waals surface area contributed by atoms with E-state index in [2.05, 4.69) is 31.4 Å². The molecule has 3 aromatic carbocycles. The van der Waals surface area contributed by atoms with Crippen molar-refractivity contribution in [2.24, 2.45) is 0 Å². The second-order valence-electron chi connectivity index (χ2n) is 8.36. The number of methoxy groups -OCH3 is 1. The monoisotopic (exact) mass is 432 g/mol. The summed E-state index contributed by atoms with van der Waals surface area (Å²) in [5, 5.41) is 6.81. The van der Waals surface area contributed by atoms with Crippen molar-refractivity contribution in [3.8, 4) is 5.75 Å². The molecule has 3 rings (SSSR count). The molecule has 0 saturated carbocycles. The Balaban J connectivity index is 1.65. The van der Waals surface area contributed by atoms with Gasteiger partial charge in [-0.3, -0.25) is 4.79 Å². The third-order valence-corrected chi connectivity index (χ3v) is 5.27. The lowest BCUT2D eigenvalue weighted by Crippen LogP contribution is -2.28. The van der Waals surface area contributed by atoms with E-state index >= 15 is 0 Å². The summed E-state index contributed by atoms with van der Waals surface area (Å²) in [6.45, 7) is 7.01. The number of rotatable bonds is 6. The molecule has 31 heavy (non-hydrogen) atoms. The molecule has 0 radical (unpaired) electrons. The van der Waals surface area contributed by atoms with E-state index in [0.717, 1.165) is 17.0 Å². The number of hydrogen-bond donors (Lipinski definition) is 2. The van der Waals surface area contributed by atoms with E-state index in [4.69, 9.17) is 17.0 Å². The summed E-state index contributed by atoms with van der Waals surface area (Å²) in [5.41, 5.74) is 4.30. The van der Waals surface area contributed by atoms with Gasteiger partial charge in [0.2, 0.25) is 0 Å². The molecule has 0 fully saturated rings. The highest BCUT2D eigenvalue weighted by Gasteiger charge is 2.15. The minimum Gasteiger partial charge on any atom is -0.496 e. The van der Waals surface area contributed by atoms with Crippen molar-refractivity contribution >= 4 is 28.8 Å². The number of carbonyl (C=O) groups is 1. The third kappa shape index (κ3) is 5.92. The van der Waals surface area contributed by atoms with E-state index in [1.165, 1.54) is 5.56 Å². The smallest absolute Gasteiger partial charge is 0.193 e. The van der Waals surface area contributed by atoms with Gasteiger partial charge in [-0.25, -0.2) is 0 Å². The van der Waals surface area contributed by atoms with Gasteiger partial charge in [-0.15, -0.1) is 0 Å². The van der Waals surface area contributed by atoms with E-state index in [1.807, 2.05) is 72.8 Å². The summed E-state index contributed by atoms with van der Waals surface area (Å²) in [6, 6.07) is 23.0. The van der Waals surface area contributed by atoms with E-state index in [1.54, 1.807) is 7.11 Å².